The van der Waals surface area contributed by atoms with E-state index in [2.05, 4.69) is 41.6 Å². The maximum Gasteiger partial charge on any atom is 0.126 e. The van der Waals surface area contributed by atoms with Crippen LogP contribution in [0.15, 0.2) is 12.1 Å². The van der Waals surface area contributed by atoms with Gasteiger partial charge in [-0.1, -0.05) is 13.0 Å². The maximum atomic E-state index is 4.56. The Balaban J connectivity index is 2.00. The smallest absolute Gasteiger partial charge is 0.126 e. The van der Waals surface area contributed by atoms with Crippen LogP contribution in [0.2, 0.25) is 0 Å². The second-order valence-corrected chi connectivity index (χ2v) is 4.14. The van der Waals surface area contributed by atoms with Crippen LogP contribution >= 0.6 is 0 Å². The van der Waals surface area contributed by atoms with Gasteiger partial charge in [-0.2, -0.15) is 0 Å². The average Bonchev–Trinajstić information content (AvgIpc) is 3.01. The topological polar surface area (TPSA) is 37.0 Å². The van der Waals surface area contributed by atoms with Crippen LogP contribution in [0, 0.1) is 6.92 Å². The number of pyridine rings is 1. The van der Waals surface area contributed by atoms with Crippen molar-refractivity contribution < 1.29 is 0 Å². The molecule has 2 N–H and O–H groups in total. The van der Waals surface area contributed by atoms with Gasteiger partial charge in [0.2, 0.25) is 0 Å². The molecular formula is C12H19N3. The number of anilines is 1. The summed E-state index contributed by atoms with van der Waals surface area (Å²) in [4.78, 5) is 4.56. The normalized spacial score (nSPS) is 15.3. The van der Waals surface area contributed by atoms with Crippen LogP contribution in [-0.4, -0.2) is 17.6 Å². The Labute approximate surface area is 91.3 Å². The van der Waals surface area contributed by atoms with Crippen LogP contribution in [0.3, 0.4) is 0 Å². The summed E-state index contributed by atoms with van der Waals surface area (Å²) in [6, 6.07) is 4.92. The number of aromatic nitrogens is 1. The molecule has 0 amide bonds. The summed E-state index contributed by atoms with van der Waals surface area (Å²) in [5, 5.41) is 6.73. The van der Waals surface area contributed by atoms with Crippen LogP contribution in [0.4, 0.5) is 5.82 Å². The van der Waals surface area contributed by atoms with Crippen molar-refractivity contribution in [3.05, 3.63) is 23.4 Å². The van der Waals surface area contributed by atoms with E-state index in [4.69, 9.17) is 0 Å². The molecule has 3 nitrogen and oxygen atoms in total. The minimum Gasteiger partial charge on any atom is -0.367 e. The van der Waals surface area contributed by atoms with E-state index in [9.17, 15) is 0 Å². The second kappa shape index (κ2) is 4.62. The molecule has 0 bridgehead atoms. The first kappa shape index (κ1) is 10.4. The van der Waals surface area contributed by atoms with Crippen molar-refractivity contribution in [3.63, 3.8) is 0 Å². The summed E-state index contributed by atoms with van der Waals surface area (Å²) < 4.78 is 0. The SMILES string of the molecule is CCNCc1ccc(NC2CC2)nc1C. The minimum absolute atomic E-state index is 0.677. The first-order valence-electron chi connectivity index (χ1n) is 5.73. The zero-order valence-corrected chi connectivity index (χ0v) is 9.51. The van der Waals surface area contributed by atoms with E-state index >= 15 is 0 Å². The summed E-state index contributed by atoms with van der Waals surface area (Å²) in [5.74, 6) is 1.02. The Morgan fingerprint density at radius 3 is 2.80 bits per heavy atom. The van der Waals surface area contributed by atoms with Gasteiger partial charge in [0.1, 0.15) is 5.82 Å². The monoisotopic (exact) mass is 205 g/mol. The third kappa shape index (κ3) is 2.93. The van der Waals surface area contributed by atoms with Gasteiger partial charge in [0.25, 0.3) is 0 Å². The van der Waals surface area contributed by atoms with Gasteiger partial charge in [-0.25, -0.2) is 4.98 Å². The molecule has 0 spiro atoms. The molecule has 3 heteroatoms. The highest BCUT2D eigenvalue weighted by molar-refractivity contribution is 5.40. The van der Waals surface area contributed by atoms with E-state index in [0.29, 0.717) is 6.04 Å². The van der Waals surface area contributed by atoms with Gasteiger partial charge in [0.15, 0.2) is 0 Å². The molecule has 15 heavy (non-hydrogen) atoms. The van der Waals surface area contributed by atoms with Crippen molar-refractivity contribution in [3.8, 4) is 0 Å². The number of nitrogens with one attached hydrogen (secondary N) is 2. The van der Waals surface area contributed by atoms with Gasteiger partial charge in [0, 0.05) is 18.3 Å². The van der Waals surface area contributed by atoms with E-state index in [0.717, 1.165) is 24.6 Å². The molecule has 0 aliphatic heterocycles. The second-order valence-electron chi connectivity index (χ2n) is 4.14. The van der Waals surface area contributed by atoms with Gasteiger partial charge < -0.3 is 10.6 Å². The number of nitrogens with zero attached hydrogens (tertiary/aromatic N) is 1. The van der Waals surface area contributed by atoms with Crippen LogP contribution in [0.25, 0.3) is 0 Å². The quantitative estimate of drug-likeness (QED) is 0.772. The largest absolute Gasteiger partial charge is 0.367 e. The van der Waals surface area contributed by atoms with Crippen molar-refractivity contribution in [2.75, 3.05) is 11.9 Å². The lowest BCUT2D eigenvalue weighted by Crippen LogP contribution is -2.13. The Morgan fingerprint density at radius 2 is 2.20 bits per heavy atom. The molecule has 0 aromatic carbocycles. The first-order chi connectivity index (χ1) is 7.29. The summed E-state index contributed by atoms with van der Waals surface area (Å²) in [5.41, 5.74) is 2.42. The van der Waals surface area contributed by atoms with Gasteiger partial charge in [-0.15, -0.1) is 0 Å². The molecule has 82 valence electrons. The molecule has 1 aromatic rings. The molecular weight excluding hydrogens is 186 g/mol. The third-order valence-electron chi connectivity index (χ3n) is 2.69. The fourth-order valence-electron chi connectivity index (χ4n) is 1.55. The van der Waals surface area contributed by atoms with Gasteiger partial charge in [-0.3, -0.25) is 0 Å². The molecule has 0 radical (unpaired) electrons. The highest BCUT2D eigenvalue weighted by atomic mass is 15.0. The van der Waals surface area contributed by atoms with E-state index in [1.54, 1.807) is 0 Å². The summed E-state index contributed by atoms with van der Waals surface area (Å²) in [6.07, 6.45) is 2.58. The van der Waals surface area contributed by atoms with Crippen LogP contribution in [0.1, 0.15) is 31.0 Å². The number of aryl methyl sites for hydroxylation is 1. The van der Waals surface area contributed by atoms with Crippen molar-refractivity contribution in [1.29, 1.82) is 0 Å². The molecule has 0 saturated heterocycles. The van der Waals surface area contributed by atoms with Crippen molar-refractivity contribution in [1.82, 2.24) is 10.3 Å². The number of hydrogen-bond donors (Lipinski definition) is 2. The molecule has 1 aliphatic carbocycles. The fraction of sp³-hybridized carbons (Fsp3) is 0.583. The minimum atomic E-state index is 0.677. The van der Waals surface area contributed by atoms with Gasteiger partial charge in [0.05, 0.1) is 0 Å². The molecule has 1 aliphatic rings. The molecule has 1 saturated carbocycles. The lowest BCUT2D eigenvalue weighted by Gasteiger charge is -2.09. The zero-order chi connectivity index (χ0) is 10.7. The first-order valence-corrected chi connectivity index (χ1v) is 5.73. The molecule has 1 fully saturated rings. The highest BCUT2D eigenvalue weighted by Gasteiger charge is 2.21. The Hall–Kier alpha value is -1.09. The maximum absolute atomic E-state index is 4.56. The predicted molar refractivity (Wildman–Crippen MR) is 63.0 cm³/mol. The van der Waals surface area contributed by atoms with Crippen LogP contribution in [0.5, 0.6) is 0 Å². The van der Waals surface area contributed by atoms with E-state index in [1.807, 2.05) is 0 Å². The predicted octanol–water partition coefficient (Wildman–Crippen LogP) is 2.07. The average molecular weight is 205 g/mol. The standard InChI is InChI=1S/C12H19N3/c1-3-13-8-10-4-7-12(14-9(10)2)15-11-5-6-11/h4,7,11,13H,3,5-6,8H2,1-2H3,(H,14,15). The molecule has 0 atom stereocenters. The zero-order valence-electron chi connectivity index (χ0n) is 9.51. The lowest BCUT2D eigenvalue weighted by atomic mass is 10.2. The molecule has 0 unspecified atom stereocenters. The Kier molecular flexibility index (Phi) is 3.21. The van der Waals surface area contributed by atoms with E-state index in [-0.39, 0.29) is 0 Å². The van der Waals surface area contributed by atoms with Crippen molar-refractivity contribution in [2.24, 2.45) is 0 Å². The van der Waals surface area contributed by atoms with E-state index in [1.165, 1.54) is 18.4 Å². The van der Waals surface area contributed by atoms with Crippen molar-refractivity contribution in [2.45, 2.75) is 39.3 Å². The molecule has 1 aromatic heterocycles. The van der Waals surface area contributed by atoms with Gasteiger partial charge in [-0.05, 0) is 37.9 Å². The highest BCUT2D eigenvalue weighted by Crippen LogP contribution is 2.24. The third-order valence-corrected chi connectivity index (χ3v) is 2.69. The van der Waals surface area contributed by atoms with Crippen molar-refractivity contribution >= 4 is 5.82 Å². The molecule has 1 heterocycles. The fourth-order valence-corrected chi connectivity index (χ4v) is 1.55. The number of hydrogen-bond acceptors (Lipinski definition) is 3. The lowest BCUT2D eigenvalue weighted by molar-refractivity contribution is 0.720. The van der Waals surface area contributed by atoms with Gasteiger partial charge >= 0.3 is 0 Å². The summed E-state index contributed by atoms with van der Waals surface area (Å²) in [6.45, 7) is 6.11. The number of rotatable bonds is 5. The van der Waals surface area contributed by atoms with Crippen LogP contribution < -0.4 is 10.6 Å². The Morgan fingerprint density at radius 1 is 1.40 bits per heavy atom. The van der Waals surface area contributed by atoms with Crippen LogP contribution in [-0.2, 0) is 6.54 Å². The Bertz CT molecular complexity index is 332. The summed E-state index contributed by atoms with van der Waals surface area (Å²) >= 11 is 0. The molecule has 2 rings (SSSR count). The summed E-state index contributed by atoms with van der Waals surface area (Å²) in [7, 11) is 0. The van der Waals surface area contributed by atoms with E-state index < -0.39 is 0 Å².